The lowest BCUT2D eigenvalue weighted by Crippen LogP contribution is -1.99. The average Bonchev–Trinajstić information content (AvgIpc) is 2.50. The molecule has 0 saturated heterocycles. The minimum atomic E-state index is 0.593. The van der Waals surface area contributed by atoms with Crippen LogP contribution in [0.5, 0.6) is 17.4 Å². The van der Waals surface area contributed by atoms with Crippen molar-refractivity contribution in [1.82, 2.24) is 4.98 Å². The van der Waals surface area contributed by atoms with Crippen molar-refractivity contribution in [3.05, 3.63) is 36.4 Å². The molecule has 0 aliphatic rings. The zero-order valence-electron chi connectivity index (χ0n) is 12.8. The Labute approximate surface area is 125 Å². The van der Waals surface area contributed by atoms with Gasteiger partial charge in [0.05, 0.1) is 25.5 Å². The summed E-state index contributed by atoms with van der Waals surface area (Å²) in [5, 5.41) is 0. The van der Waals surface area contributed by atoms with Crippen molar-refractivity contribution in [2.24, 2.45) is 0 Å². The van der Waals surface area contributed by atoms with Gasteiger partial charge in [-0.15, -0.1) is 0 Å². The number of benzene rings is 1. The van der Waals surface area contributed by atoms with E-state index in [0.29, 0.717) is 25.7 Å². The number of hydrogen-bond acceptors (Lipinski definition) is 4. The van der Waals surface area contributed by atoms with Crippen LogP contribution in [0.3, 0.4) is 0 Å². The molecule has 0 aliphatic carbocycles. The van der Waals surface area contributed by atoms with Crippen LogP contribution in [0.4, 0.5) is 0 Å². The topological polar surface area (TPSA) is 40.6 Å². The van der Waals surface area contributed by atoms with Gasteiger partial charge >= 0.3 is 0 Å². The molecule has 1 aromatic carbocycles. The van der Waals surface area contributed by atoms with Gasteiger partial charge in [-0.25, -0.2) is 4.98 Å². The van der Waals surface area contributed by atoms with Crippen molar-refractivity contribution in [1.29, 1.82) is 0 Å². The molecular weight excluding hydrogens is 266 g/mol. The van der Waals surface area contributed by atoms with E-state index < -0.39 is 0 Å². The van der Waals surface area contributed by atoms with Crippen LogP contribution in [-0.2, 0) is 0 Å². The number of aromatic nitrogens is 1. The van der Waals surface area contributed by atoms with Gasteiger partial charge in [0.2, 0.25) is 5.88 Å². The van der Waals surface area contributed by atoms with Gasteiger partial charge in [-0.05, 0) is 45.0 Å². The molecular formula is C17H21NO3. The molecule has 2 rings (SSSR count). The van der Waals surface area contributed by atoms with Gasteiger partial charge in [0.15, 0.2) is 11.5 Å². The van der Waals surface area contributed by atoms with Crippen LogP contribution in [0.25, 0.3) is 11.3 Å². The molecule has 0 bridgehead atoms. The first-order valence-corrected chi connectivity index (χ1v) is 7.28. The van der Waals surface area contributed by atoms with E-state index in [1.54, 1.807) is 0 Å². The van der Waals surface area contributed by atoms with Crippen molar-refractivity contribution >= 4 is 0 Å². The van der Waals surface area contributed by atoms with Crippen LogP contribution >= 0.6 is 0 Å². The number of hydrogen-bond donors (Lipinski definition) is 0. The molecule has 1 heterocycles. The fourth-order valence-electron chi connectivity index (χ4n) is 2.01. The van der Waals surface area contributed by atoms with Gasteiger partial charge < -0.3 is 14.2 Å². The fourth-order valence-corrected chi connectivity index (χ4v) is 2.01. The largest absolute Gasteiger partial charge is 0.490 e. The fraction of sp³-hybridized carbons (Fsp3) is 0.353. The Kier molecular flexibility index (Phi) is 5.43. The maximum atomic E-state index is 5.65. The summed E-state index contributed by atoms with van der Waals surface area (Å²) in [5.41, 5.74) is 1.83. The van der Waals surface area contributed by atoms with Crippen molar-refractivity contribution in [3.63, 3.8) is 0 Å². The van der Waals surface area contributed by atoms with E-state index in [4.69, 9.17) is 14.2 Å². The SMILES string of the molecule is CCOc1cccc(-c2ccc(OCC)c(OCC)c2)n1. The van der Waals surface area contributed by atoms with E-state index in [-0.39, 0.29) is 0 Å². The lowest BCUT2D eigenvalue weighted by molar-refractivity contribution is 0.288. The third kappa shape index (κ3) is 3.88. The molecule has 0 radical (unpaired) electrons. The molecule has 0 aliphatic heterocycles. The van der Waals surface area contributed by atoms with Crippen molar-refractivity contribution in [2.45, 2.75) is 20.8 Å². The van der Waals surface area contributed by atoms with Crippen molar-refractivity contribution < 1.29 is 14.2 Å². The van der Waals surface area contributed by atoms with E-state index in [9.17, 15) is 0 Å². The number of rotatable bonds is 7. The molecule has 4 heteroatoms. The first kappa shape index (κ1) is 15.2. The third-order valence-corrected chi connectivity index (χ3v) is 2.85. The van der Waals surface area contributed by atoms with Crippen LogP contribution in [-0.4, -0.2) is 24.8 Å². The number of ether oxygens (including phenoxy) is 3. The first-order valence-electron chi connectivity index (χ1n) is 7.28. The van der Waals surface area contributed by atoms with Gasteiger partial charge in [0.25, 0.3) is 0 Å². The van der Waals surface area contributed by atoms with Gasteiger partial charge in [-0.2, -0.15) is 0 Å². The van der Waals surface area contributed by atoms with Crippen LogP contribution < -0.4 is 14.2 Å². The van der Waals surface area contributed by atoms with Gasteiger partial charge in [-0.3, -0.25) is 0 Å². The molecule has 112 valence electrons. The monoisotopic (exact) mass is 287 g/mol. The second kappa shape index (κ2) is 7.53. The normalized spacial score (nSPS) is 10.2. The average molecular weight is 287 g/mol. The maximum Gasteiger partial charge on any atom is 0.213 e. The van der Waals surface area contributed by atoms with E-state index in [0.717, 1.165) is 22.8 Å². The van der Waals surface area contributed by atoms with Gasteiger partial charge in [0, 0.05) is 11.6 Å². The standard InChI is InChI=1S/C17H21NO3/c1-4-19-15-11-10-13(12-16(15)20-5-2)14-8-7-9-17(18-14)21-6-3/h7-12H,4-6H2,1-3H3. The van der Waals surface area contributed by atoms with Gasteiger partial charge in [-0.1, -0.05) is 6.07 Å². The molecule has 2 aromatic rings. The molecule has 21 heavy (non-hydrogen) atoms. The summed E-state index contributed by atoms with van der Waals surface area (Å²) in [5.74, 6) is 2.12. The van der Waals surface area contributed by atoms with E-state index in [2.05, 4.69) is 4.98 Å². The lowest BCUT2D eigenvalue weighted by atomic mass is 10.1. The Morgan fingerprint density at radius 1 is 0.810 bits per heavy atom. The summed E-state index contributed by atoms with van der Waals surface area (Å²) in [6.07, 6.45) is 0. The van der Waals surface area contributed by atoms with Crippen LogP contribution in [0.2, 0.25) is 0 Å². The maximum absolute atomic E-state index is 5.65. The molecule has 0 unspecified atom stereocenters. The highest BCUT2D eigenvalue weighted by Crippen LogP contribution is 2.32. The molecule has 0 amide bonds. The summed E-state index contributed by atoms with van der Waals surface area (Å²) in [6, 6.07) is 11.6. The quantitative estimate of drug-likeness (QED) is 0.773. The first-order chi connectivity index (χ1) is 10.3. The van der Waals surface area contributed by atoms with Crippen LogP contribution in [0.1, 0.15) is 20.8 Å². The highest BCUT2D eigenvalue weighted by atomic mass is 16.5. The minimum absolute atomic E-state index is 0.593. The molecule has 4 nitrogen and oxygen atoms in total. The van der Waals surface area contributed by atoms with E-state index >= 15 is 0 Å². The Hall–Kier alpha value is -2.23. The summed E-state index contributed by atoms with van der Waals surface area (Å²) >= 11 is 0. The Morgan fingerprint density at radius 3 is 2.24 bits per heavy atom. The molecule has 1 aromatic heterocycles. The van der Waals surface area contributed by atoms with Crippen LogP contribution in [0.15, 0.2) is 36.4 Å². The highest BCUT2D eigenvalue weighted by molar-refractivity contribution is 5.64. The molecule has 0 N–H and O–H groups in total. The van der Waals surface area contributed by atoms with Gasteiger partial charge in [0.1, 0.15) is 0 Å². The third-order valence-electron chi connectivity index (χ3n) is 2.85. The Balaban J connectivity index is 2.34. The summed E-state index contributed by atoms with van der Waals surface area (Å²) in [6.45, 7) is 7.66. The predicted octanol–water partition coefficient (Wildman–Crippen LogP) is 3.94. The molecule has 0 fully saturated rings. The molecule has 0 spiro atoms. The van der Waals surface area contributed by atoms with Crippen LogP contribution in [0, 0.1) is 0 Å². The molecule has 0 atom stereocenters. The smallest absolute Gasteiger partial charge is 0.213 e. The lowest BCUT2D eigenvalue weighted by Gasteiger charge is -2.12. The zero-order valence-corrected chi connectivity index (χ0v) is 12.8. The van der Waals surface area contributed by atoms with Crippen molar-refractivity contribution in [2.75, 3.05) is 19.8 Å². The minimum Gasteiger partial charge on any atom is -0.490 e. The van der Waals surface area contributed by atoms with E-state index in [1.165, 1.54) is 0 Å². The Bertz CT molecular complexity index is 584. The summed E-state index contributed by atoms with van der Waals surface area (Å²) < 4.78 is 16.7. The zero-order chi connectivity index (χ0) is 15.1. The predicted molar refractivity (Wildman–Crippen MR) is 83.2 cm³/mol. The number of pyridine rings is 1. The second-order valence-electron chi connectivity index (χ2n) is 4.32. The summed E-state index contributed by atoms with van der Waals surface area (Å²) in [7, 11) is 0. The van der Waals surface area contributed by atoms with E-state index in [1.807, 2.05) is 57.2 Å². The number of nitrogens with zero attached hydrogens (tertiary/aromatic N) is 1. The Morgan fingerprint density at radius 2 is 1.52 bits per heavy atom. The highest BCUT2D eigenvalue weighted by Gasteiger charge is 2.09. The second-order valence-corrected chi connectivity index (χ2v) is 4.32. The van der Waals surface area contributed by atoms with Crippen molar-refractivity contribution in [3.8, 4) is 28.6 Å². The summed E-state index contributed by atoms with van der Waals surface area (Å²) in [4.78, 5) is 4.49. The molecule has 0 saturated carbocycles.